The Morgan fingerprint density at radius 3 is 2.07 bits per heavy atom. The van der Waals surface area contributed by atoms with E-state index in [9.17, 15) is 15.2 Å². The monoisotopic (exact) mass is 393 g/mol. The van der Waals surface area contributed by atoms with Crippen LogP contribution < -0.4 is 0 Å². The van der Waals surface area contributed by atoms with E-state index in [1.165, 1.54) is 5.56 Å². The van der Waals surface area contributed by atoms with E-state index in [2.05, 4.69) is 31.9 Å². The smallest absolute Gasteiger partial charge is 0.309 e. The molecule has 0 spiro atoms. The van der Waals surface area contributed by atoms with Crippen molar-refractivity contribution >= 4 is 17.1 Å². The maximum Gasteiger partial charge on any atom is 0.309 e. The fourth-order valence-electron chi connectivity index (χ4n) is 3.44. The van der Waals surface area contributed by atoms with Gasteiger partial charge in [0.2, 0.25) is 0 Å². The first-order chi connectivity index (χ1) is 13.3. The lowest BCUT2D eigenvalue weighted by Crippen LogP contribution is -2.24. The molecule has 5 heteroatoms. The second-order valence-corrected chi connectivity index (χ2v) is 9.34. The predicted octanol–water partition coefficient (Wildman–Crippen LogP) is 5.27. The van der Waals surface area contributed by atoms with E-state index >= 15 is 0 Å². The molecule has 0 aliphatic carbocycles. The molecule has 0 aliphatic heterocycles. The highest BCUT2D eigenvalue weighted by Crippen LogP contribution is 2.38. The van der Waals surface area contributed by atoms with Crippen LogP contribution in [0.5, 0.6) is 0 Å². The van der Waals surface area contributed by atoms with Gasteiger partial charge in [-0.3, -0.25) is 9.48 Å². The zero-order valence-electron chi connectivity index (χ0n) is 18.7. The number of hydrogen-bond acceptors (Lipinski definition) is 3. The molecule has 1 aromatic carbocycles. The van der Waals surface area contributed by atoms with Crippen LogP contribution in [0.4, 0.5) is 0 Å². The fraction of sp³-hybridized carbons (Fsp3) is 0.458. The number of rotatable bonds is 5. The lowest BCUT2D eigenvalue weighted by atomic mass is 9.80. The van der Waals surface area contributed by atoms with Crippen LogP contribution in [0.2, 0.25) is 0 Å². The Bertz CT molecular complexity index is 994. The minimum absolute atomic E-state index is 0.0128. The van der Waals surface area contributed by atoms with Crippen molar-refractivity contribution in [3.05, 3.63) is 52.3 Å². The van der Waals surface area contributed by atoms with E-state index in [1.54, 1.807) is 18.5 Å². The van der Waals surface area contributed by atoms with Crippen molar-refractivity contribution in [1.82, 2.24) is 9.78 Å². The summed E-state index contributed by atoms with van der Waals surface area (Å²) < 4.78 is 1.75. The average Bonchev–Trinajstić information content (AvgIpc) is 2.86. The van der Waals surface area contributed by atoms with Crippen molar-refractivity contribution in [2.45, 2.75) is 60.3 Å². The summed E-state index contributed by atoms with van der Waals surface area (Å²) >= 11 is 0. The molecule has 0 radical (unpaired) electrons. The first-order valence-corrected chi connectivity index (χ1v) is 9.77. The highest BCUT2D eigenvalue weighted by molar-refractivity contribution is 5.98. The third kappa shape index (κ3) is 4.59. The summed E-state index contributed by atoms with van der Waals surface area (Å²) in [7, 11) is 1.83. The van der Waals surface area contributed by atoms with Crippen LogP contribution in [-0.4, -0.2) is 20.9 Å². The van der Waals surface area contributed by atoms with Gasteiger partial charge in [-0.15, -0.1) is 0 Å². The molecule has 0 bridgehead atoms. The summed E-state index contributed by atoms with van der Waals surface area (Å²) in [6.07, 6.45) is 0.228. The van der Waals surface area contributed by atoms with Crippen LogP contribution >= 0.6 is 0 Å². The predicted molar refractivity (Wildman–Crippen MR) is 116 cm³/mol. The summed E-state index contributed by atoms with van der Waals surface area (Å²) in [4.78, 5) is 11.8. The molecule has 0 aliphatic rings. The molecular formula is C24H31N3O2. The number of carboxylic acids is 1. The number of carbonyl (C=O) groups is 1. The molecule has 1 N–H and O–H groups in total. The molecule has 0 amide bonds. The third-order valence-electron chi connectivity index (χ3n) is 5.46. The standard InChI is InChI=1S/C24H31N3O2/c1-15-16(2)26-27(8)21(15)19(13-24(6,7)22(28)29)20(14-25)17-9-11-18(12-10-17)23(3,4)5/h9-12H,13H2,1-8H3,(H,28,29). The van der Waals surface area contributed by atoms with E-state index in [1.807, 2.05) is 45.2 Å². The van der Waals surface area contributed by atoms with Crippen molar-refractivity contribution in [3.63, 3.8) is 0 Å². The van der Waals surface area contributed by atoms with Crippen molar-refractivity contribution < 1.29 is 9.90 Å². The van der Waals surface area contributed by atoms with E-state index < -0.39 is 11.4 Å². The van der Waals surface area contributed by atoms with E-state index in [4.69, 9.17) is 0 Å². The van der Waals surface area contributed by atoms with Crippen molar-refractivity contribution in [2.75, 3.05) is 0 Å². The number of aryl methyl sites for hydroxylation is 2. The Labute approximate surface area is 173 Å². The van der Waals surface area contributed by atoms with Crippen LogP contribution in [0.15, 0.2) is 24.3 Å². The van der Waals surface area contributed by atoms with Gasteiger partial charge in [0, 0.05) is 7.05 Å². The number of hydrogen-bond donors (Lipinski definition) is 1. The summed E-state index contributed by atoms with van der Waals surface area (Å²) in [5, 5.41) is 24.3. The van der Waals surface area contributed by atoms with Crippen LogP contribution in [0.1, 0.15) is 69.1 Å². The summed E-state index contributed by atoms with van der Waals surface area (Å²) in [6.45, 7) is 13.7. The van der Waals surface area contributed by atoms with Gasteiger partial charge in [-0.25, -0.2) is 0 Å². The number of nitriles is 1. The lowest BCUT2D eigenvalue weighted by molar-refractivity contribution is -0.146. The van der Waals surface area contributed by atoms with Gasteiger partial charge in [0.25, 0.3) is 0 Å². The second kappa shape index (κ2) is 7.87. The highest BCUT2D eigenvalue weighted by Gasteiger charge is 2.32. The molecule has 29 heavy (non-hydrogen) atoms. The fourth-order valence-corrected chi connectivity index (χ4v) is 3.44. The second-order valence-electron chi connectivity index (χ2n) is 9.34. The molecule has 2 aromatic rings. The number of aliphatic carboxylic acids is 1. The molecule has 0 saturated heterocycles. The minimum Gasteiger partial charge on any atom is -0.481 e. The van der Waals surface area contributed by atoms with E-state index in [0.717, 1.165) is 22.5 Å². The zero-order chi connectivity index (χ0) is 22.1. The lowest BCUT2D eigenvalue weighted by Gasteiger charge is -2.23. The third-order valence-corrected chi connectivity index (χ3v) is 5.46. The number of carboxylic acid groups (broad SMARTS) is 1. The largest absolute Gasteiger partial charge is 0.481 e. The molecule has 0 atom stereocenters. The molecule has 0 unspecified atom stereocenters. The molecule has 1 aromatic heterocycles. The molecule has 1 heterocycles. The van der Waals surface area contributed by atoms with Crippen molar-refractivity contribution in [1.29, 1.82) is 5.26 Å². The first-order valence-electron chi connectivity index (χ1n) is 9.77. The number of allylic oxidation sites excluding steroid dienone is 2. The normalized spacial score (nSPS) is 13.1. The average molecular weight is 394 g/mol. The molecule has 0 fully saturated rings. The van der Waals surface area contributed by atoms with Gasteiger partial charge in [-0.05, 0) is 61.8 Å². The van der Waals surface area contributed by atoms with Crippen molar-refractivity contribution in [3.8, 4) is 6.07 Å². The Morgan fingerprint density at radius 1 is 1.14 bits per heavy atom. The quantitative estimate of drug-likeness (QED) is 0.702. The van der Waals surface area contributed by atoms with Gasteiger partial charge in [0.15, 0.2) is 0 Å². The topological polar surface area (TPSA) is 78.9 Å². The molecule has 0 saturated carbocycles. The molecular weight excluding hydrogens is 362 g/mol. The highest BCUT2D eigenvalue weighted by atomic mass is 16.4. The van der Waals surface area contributed by atoms with Crippen LogP contribution in [0.3, 0.4) is 0 Å². The Balaban J connectivity index is 2.77. The van der Waals surface area contributed by atoms with Gasteiger partial charge in [0.05, 0.1) is 22.4 Å². The van der Waals surface area contributed by atoms with Crippen LogP contribution in [0.25, 0.3) is 11.1 Å². The van der Waals surface area contributed by atoms with E-state index in [-0.39, 0.29) is 11.8 Å². The van der Waals surface area contributed by atoms with E-state index in [0.29, 0.717) is 11.1 Å². The van der Waals surface area contributed by atoms with Gasteiger partial charge in [0.1, 0.15) is 6.07 Å². The number of aromatic nitrogens is 2. The Hall–Kier alpha value is -2.87. The Morgan fingerprint density at radius 2 is 1.69 bits per heavy atom. The number of nitrogens with zero attached hydrogens (tertiary/aromatic N) is 3. The first kappa shape index (κ1) is 22.4. The van der Waals surface area contributed by atoms with Gasteiger partial charge < -0.3 is 5.11 Å². The minimum atomic E-state index is -1.02. The van der Waals surface area contributed by atoms with Crippen LogP contribution in [0, 0.1) is 30.6 Å². The molecule has 5 nitrogen and oxygen atoms in total. The number of benzene rings is 1. The maximum absolute atomic E-state index is 11.8. The maximum atomic E-state index is 11.8. The van der Waals surface area contributed by atoms with Gasteiger partial charge in [-0.1, -0.05) is 45.0 Å². The van der Waals surface area contributed by atoms with Gasteiger partial charge >= 0.3 is 5.97 Å². The Kier molecular flexibility index (Phi) is 6.08. The zero-order valence-corrected chi connectivity index (χ0v) is 18.7. The molecule has 154 valence electrons. The summed E-state index contributed by atoms with van der Waals surface area (Å²) in [6, 6.07) is 10.3. The van der Waals surface area contributed by atoms with Crippen molar-refractivity contribution in [2.24, 2.45) is 12.5 Å². The van der Waals surface area contributed by atoms with Crippen LogP contribution in [-0.2, 0) is 17.3 Å². The van der Waals surface area contributed by atoms with Gasteiger partial charge in [-0.2, -0.15) is 10.4 Å². The summed E-state index contributed by atoms with van der Waals surface area (Å²) in [5.41, 5.74) is 4.81. The SMILES string of the molecule is Cc1nn(C)c(C(CC(C)(C)C(=O)O)=C(C#N)c2ccc(C(C)(C)C)cc2)c1C. The molecule has 2 rings (SSSR count). The summed E-state index contributed by atoms with van der Waals surface area (Å²) in [5.74, 6) is -0.896.